The number of hydrogen-bond acceptors (Lipinski definition) is 3. The Morgan fingerprint density at radius 2 is 1.94 bits per heavy atom. The van der Waals surface area contributed by atoms with Crippen molar-refractivity contribution in [2.24, 2.45) is 0 Å². The fourth-order valence-electron chi connectivity index (χ4n) is 1.68. The van der Waals surface area contributed by atoms with Gasteiger partial charge in [0.15, 0.2) is 11.5 Å². The Morgan fingerprint density at radius 3 is 2.62 bits per heavy atom. The van der Waals surface area contributed by atoms with E-state index in [9.17, 15) is 0 Å². The summed E-state index contributed by atoms with van der Waals surface area (Å²) in [6.45, 7) is 2.42. The zero-order valence-corrected chi connectivity index (χ0v) is 11.0. The molecule has 88 valence electrons. The van der Waals surface area contributed by atoms with Gasteiger partial charge in [-0.05, 0) is 37.7 Å². The first-order chi connectivity index (χ1) is 7.81. The molecular weight excluding hydrogens is 270 g/mol. The van der Waals surface area contributed by atoms with Crippen molar-refractivity contribution in [3.8, 4) is 11.5 Å². The van der Waals surface area contributed by atoms with E-state index in [-0.39, 0.29) is 0 Å². The van der Waals surface area contributed by atoms with E-state index in [1.165, 1.54) is 5.56 Å². The quantitative estimate of drug-likeness (QED) is 0.925. The first-order valence-corrected chi connectivity index (χ1v) is 6.33. The van der Waals surface area contributed by atoms with Gasteiger partial charge in [-0.2, -0.15) is 0 Å². The number of benzene rings is 1. The number of rotatable bonds is 3. The predicted octanol–water partition coefficient (Wildman–Crippen LogP) is 2.37. The molecule has 0 saturated heterocycles. The summed E-state index contributed by atoms with van der Waals surface area (Å²) in [6.07, 6.45) is 1.92. The average Bonchev–Trinajstić information content (AvgIpc) is 2.50. The molecule has 0 aliphatic carbocycles. The van der Waals surface area contributed by atoms with Gasteiger partial charge in [-0.1, -0.05) is 15.9 Å². The molecule has 1 aliphatic rings. The van der Waals surface area contributed by atoms with Gasteiger partial charge in [-0.3, -0.25) is 0 Å². The van der Waals surface area contributed by atoms with E-state index < -0.39 is 0 Å². The summed E-state index contributed by atoms with van der Waals surface area (Å²) in [4.78, 5) is 0. The number of likely N-dealkylation sites (N-methyl/N-ethyl adjacent to an activating group) is 1. The second-order valence-electron chi connectivity index (χ2n) is 3.79. The van der Waals surface area contributed by atoms with Crippen molar-refractivity contribution in [2.45, 2.75) is 12.8 Å². The topological polar surface area (TPSA) is 30.5 Å². The lowest BCUT2D eigenvalue weighted by atomic mass is 10.1. The molecule has 16 heavy (non-hydrogen) atoms. The molecule has 2 rings (SSSR count). The Kier molecular flexibility index (Phi) is 4.07. The summed E-state index contributed by atoms with van der Waals surface area (Å²) in [5.74, 6) is 1.71. The van der Waals surface area contributed by atoms with Crippen molar-refractivity contribution in [2.75, 3.05) is 26.8 Å². The van der Waals surface area contributed by atoms with E-state index in [0.717, 1.165) is 48.6 Å². The van der Waals surface area contributed by atoms with Crippen LogP contribution in [0.2, 0.25) is 0 Å². The Labute approximate surface area is 104 Å². The van der Waals surface area contributed by atoms with E-state index in [1.807, 2.05) is 13.1 Å². The zero-order chi connectivity index (χ0) is 11.4. The van der Waals surface area contributed by atoms with Gasteiger partial charge < -0.3 is 14.8 Å². The third-order valence-corrected chi connectivity index (χ3v) is 3.30. The number of fused-ring (bicyclic) bond motifs is 1. The number of ether oxygens (including phenoxy) is 2. The van der Waals surface area contributed by atoms with Gasteiger partial charge in [0.25, 0.3) is 0 Å². The molecule has 0 bridgehead atoms. The highest BCUT2D eigenvalue weighted by Crippen LogP contribution is 2.35. The van der Waals surface area contributed by atoms with Gasteiger partial charge in [0, 0.05) is 10.9 Å². The molecule has 1 aromatic rings. The number of nitrogens with one attached hydrogen (secondary N) is 1. The van der Waals surface area contributed by atoms with Crippen molar-refractivity contribution >= 4 is 15.9 Å². The maximum Gasteiger partial charge on any atom is 0.162 e. The number of hydrogen-bond donors (Lipinski definition) is 1. The van der Waals surface area contributed by atoms with Crippen LogP contribution in [0, 0.1) is 0 Å². The van der Waals surface area contributed by atoms with E-state index in [0.29, 0.717) is 0 Å². The van der Waals surface area contributed by atoms with Crippen molar-refractivity contribution in [1.82, 2.24) is 5.32 Å². The summed E-state index contributed by atoms with van der Waals surface area (Å²) in [5, 5.41) is 3.14. The molecule has 0 atom stereocenters. The summed E-state index contributed by atoms with van der Waals surface area (Å²) in [5.41, 5.74) is 1.25. The summed E-state index contributed by atoms with van der Waals surface area (Å²) in [7, 11) is 1.96. The molecule has 0 fully saturated rings. The Bertz CT molecular complexity index is 368. The van der Waals surface area contributed by atoms with Crippen molar-refractivity contribution in [3.05, 3.63) is 22.2 Å². The van der Waals surface area contributed by atoms with E-state index in [2.05, 4.69) is 27.3 Å². The van der Waals surface area contributed by atoms with Crippen molar-refractivity contribution in [1.29, 1.82) is 0 Å². The summed E-state index contributed by atoms with van der Waals surface area (Å²) < 4.78 is 12.4. The third-order valence-electron chi connectivity index (χ3n) is 2.56. The van der Waals surface area contributed by atoms with Gasteiger partial charge in [-0.25, -0.2) is 0 Å². The molecule has 1 N–H and O–H groups in total. The van der Waals surface area contributed by atoms with Crippen LogP contribution in [0.15, 0.2) is 16.6 Å². The Hall–Kier alpha value is -0.740. The van der Waals surface area contributed by atoms with Gasteiger partial charge in [0.05, 0.1) is 13.2 Å². The standard InChI is InChI=1S/C12H16BrNO2/c1-14-4-3-9-7-11-12(8-10(9)13)16-6-2-5-15-11/h7-8,14H,2-6H2,1H3. The van der Waals surface area contributed by atoms with E-state index in [4.69, 9.17) is 9.47 Å². The van der Waals surface area contributed by atoms with Crippen molar-refractivity contribution < 1.29 is 9.47 Å². The van der Waals surface area contributed by atoms with Crippen LogP contribution in [-0.4, -0.2) is 26.8 Å². The normalized spacial score (nSPS) is 14.6. The summed E-state index contributed by atoms with van der Waals surface area (Å²) in [6, 6.07) is 4.08. The second kappa shape index (κ2) is 5.55. The second-order valence-corrected chi connectivity index (χ2v) is 4.65. The minimum Gasteiger partial charge on any atom is -0.490 e. The van der Waals surface area contributed by atoms with E-state index in [1.54, 1.807) is 0 Å². The van der Waals surface area contributed by atoms with Crippen molar-refractivity contribution in [3.63, 3.8) is 0 Å². The number of halogens is 1. The lowest BCUT2D eigenvalue weighted by Crippen LogP contribution is -2.10. The smallest absolute Gasteiger partial charge is 0.162 e. The van der Waals surface area contributed by atoms with E-state index >= 15 is 0 Å². The molecule has 3 nitrogen and oxygen atoms in total. The molecule has 4 heteroatoms. The van der Waals surface area contributed by atoms with Crippen LogP contribution in [0.25, 0.3) is 0 Å². The molecule has 1 heterocycles. The maximum absolute atomic E-state index is 5.66. The highest BCUT2D eigenvalue weighted by atomic mass is 79.9. The van der Waals surface area contributed by atoms with Gasteiger partial charge >= 0.3 is 0 Å². The molecule has 1 aliphatic heterocycles. The molecule has 1 aromatic carbocycles. The molecule has 0 unspecified atom stereocenters. The largest absolute Gasteiger partial charge is 0.490 e. The van der Waals surface area contributed by atoms with Crippen LogP contribution in [0.5, 0.6) is 11.5 Å². The van der Waals surface area contributed by atoms with Crippen LogP contribution in [0.3, 0.4) is 0 Å². The maximum atomic E-state index is 5.66. The molecular formula is C12H16BrNO2. The first kappa shape index (κ1) is 11.7. The molecule has 0 saturated carbocycles. The van der Waals surface area contributed by atoms with Crippen LogP contribution in [0.1, 0.15) is 12.0 Å². The molecule has 0 amide bonds. The third kappa shape index (κ3) is 2.68. The fourth-order valence-corrected chi connectivity index (χ4v) is 2.20. The lowest BCUT2D eigenvalue weighted by molar-refractivity contribution is 0.297. The van der Waals surface area contributed by atoms with Gasteiger partial charge in [0.2, 0.25) is 0 Å². The minimum absolute atomic E-state index is 0.731. The van der Waals surface area contributed by atoms with Gasteiger partial charge in [-0.15, -0.1) is 0 Å². The minimum atomic E-state index is 0.731. The summed E-state index contributed by atoms with van der Waals surface area (Å²) >= 11 is 3.57. The highest BCUT2D eigenvalue weighted by Gasteiger charge is 2.13. The average molecular weight is 286 g/mol. The molecule has 0 spiro atoms. The lowest BCUT2D eigenvalue weighted by Gasteiger charge is -2.11. The van der Waals surface area contributed by atoms with Crippen LogP contribution < -0.4 is 14.8 Å². The SMILES string of the molecule is CNCCc1cc2c(cc1Br)OCCCO2. The van der Waals surface area contributed by atoms with Gasteiger partial charge in [0.1, 0.15) is 0 Å². The van der Waals surface area contributed by atoms with Crippen LogP contribution in [0.4, 0.5) is 0 Å². The molecule has 0 aromatic heterocycles. The Balaban J connectivity index is 2.24. The first-order valence-electron chi connectivity index (χ1n) is 5.54. The zero-order valence-electron chi connectivity index (χ0n) is 9.38. The molecule has 0 radical (unpaired) electrons. The fraction of sp³-hybridized carbons (Fsp3) is 0.500. The predicted molar refractivity (Wildman–Crippen MR) is 67.4 cm³/mol. The van der Waals surface area contributed by atoms with Crippen LogP contribution >= 0.6 is 15.9 Å². The monoisotopic (exact) mass is 285 g/mol. The Morgan fingerprint density at radius 1 is 1.25 bits per heavy atom. The highest BCUT2D eigenvalue weighted by molar-refractivity contribution is 9.10. The van der Waals surface area contributed by atoms with Crippen LogP contribution in [-0.2, 0) is 6.42 Å².